The van der Waals surface area contributed by atoms with E-state index in [1.165, 1.54) is 4.90 Å². The van der Waals surface area contributed by atoms with Gasteiger partial charge < -0.3 is 4.74 Å². The molecule has 0 aliphatic carbocycles. The highest BCUT2D eigenvalue weighted by Gasteiger charge is 2.30. The second-order valence-electron chi connectivity index (χ2n) is 3.29. The zero-order valence-corrected chi connectivity index (χ0v) is 8.08. The number of imide groups is 1. The number of carbonyl (C=O) groups excluding carboxylic acids is 2. The Morgan fingerprint density at radius 3 is 2.85 bits per heavy atom. The Bertz CT molecular complexity index is 215. The van der Waals surface area contributed by atoms with E-state index in [1.54, 1.807) is 0 Å². The lowest BCUT2D eigenvalue weighted by molar-refractivity contribution is -0.131. The van der Waals surface area contributed by atoms with E-state index >= 15 is 0 Å². The quantitative estimate of drug-likeness (QED) is 0.667. The predicted molar refractivity (Wildman–Crippen MR) is 47.1 cm³/mol. The maximum Gasteiger partial charge on any atom is 0.416 e. The molecule has 4 heteroatoms. The van der Waals surface area contributed by atoms with Crippen LogP contribution in [0.2, 0.25) is 0 Å². The van der Waals surface area contributed by atoms with Gasteiger partial charge in [0, 0.05) is 5.92 Å². The second-order valence-corrected chi connectivity index (χ2v) is 3.29. The molecule has 1 heterocycles. The lowest BCUT2D eigenvalue weighted by Crippen LogP contribution is -2.35. The third kappa shape index (κ3) is 2.20. The summed E-state index contributed by atoms with van der Waals surface area (Å²) in [5.74, 6) is -0.181. The van der Waals surface area contributed by atoms with Gasteiger partial charge in [-0.2, -0.15) is 0 Å². The molecule has 0 aromatic carbocycles. The molecule has 1 aliphatic rings. The highest BCUT2D eigenvalue weighted by molar-refractivity contribution is 5.93. The summed E-state index contributed by atoms with van der Waals surface area (Å²) in [5.41, 5.74) is 0. The van der Waals surface area contributed by atoms with Crippen LogP contribution in [-0.2, 0) is 9.53 Å². The molecule has 13 heavy (non-hydrogen) atoms. The molecule has 1 rings (SSSR count). The molecule has 0 N–H and O–H groups in total. The summed E-state index contributed by atoms with van der Waals surface area (Å²) in [6.45, 7) is 4.61. The first-order valence-corrected chi connectivity index (χ1v) is 4.65. The molecule has 0 aromatic rings. The van der Waals surface area contributed by atoms with Crippen LogP contribution in [0.3, 0.4) is 0 Å². The maximum atomic E-state index is 11.6. The van der Waals surface area contributed by atoms with Gasteiger partial charge in [0.05, 0.1) is 6.54 Å². The largest absolute Gasteiger partial charge is 0.447 e. The average Bonchev–Trinajstić information content (AvgIpc) is 2.50. The van der Waals surface area contributed by atoms with Crippen LogP contribution in [0, 0.1) is 5.92 Å². The van der Waals surface area contributed by atoms with Crippen molar-refractivity contribution in [3.05, 3.63) is 0 Å². The Morgan fingerprint density at radius 2 is 2.38 bits per heavy atom. The zero-order chi connectivity index (χ0) is 9.84. The molecule has 74 valence electrons. The van der Waals surface area contributed by atoms with Crippen LogP contribution in [0.15, 0.2) is 0 Å². The Hall–Kier alpha value is -1.06. The number of hydrogen-bond donors (Lipinski definition) is 0. The summed E-state index contributed by atoms with van der Waals surface area (Å²) in [6, 6.07) is 0. The summed E-state index contributed by atoms with van der Waals surface area (Å²) < 4.78 is 4.68. The first kappa shape index (κ1) is 10.0. The molecular formula is C9H15NO3. The van der Waals surface area contributed by atoms with Crippen LogP contribution < -0.4 is 0 Å². The van der Waals surface area contributed by atoms with Crippen molar-refractivity contribution in [3.63, 3.8) is 0 Å². The fourth-order valence-electron chi connectivity index (χ4n) is 1.42. The van der Waals surface area contributed by atoms with E-state index in [1.807, 2.05) is 13.8 Å². The third-order valence-corrected chi connectivity index (χ3v) is 2.17. The molecule has 0 unspecified atom stereocenters. The van der Waals surface area contributed by atoms with Crippen molar-refractivity contribution in [2.75, 3.05) is 13.2 Å². The molecule has 1 atom stereocenters. The number of amides is 2. The topological polar surface area (TPSA) is 46.6 Å². The minimum absolute atomic E-state index is 0.0735. The molecule has 4 nitrogen and oxygen atoms in total. The van der Waals surface area contributed by atoms with E-state index in [9.17, 15) is 9.59 Å². The highest BCUT2D eigenvalue weighted by Crippen LogP contribution is 2.13. The van der Waals surface area contributed by atoms with Gasteiger partial charge in [-0.3, -0.25) is 4.79 Å². The van der Waals surface area contributed by atoms with Gasteiger partial charge in [0.25, 0.3) is 0 Å². The monoisotopic (exact) mass is 185 g/mol. The maximum absolute atomic E-state index is 11.6. The first-order chi connectivity index (χ1) is 6.16. The summed E-state index contributed by atoms with van der Waals surface area (Å²) in [4.78, 5) is 23.8. The van der Waals surface area contributed by atoms with Crippen molar-refractivity contribution in [2.24, 2.45) is 5.92 Å². The molecule has 0 aromatic heterocycles. The molecule has 0 radical (unpaired) electrons. The molecular weight excluding hydrogens is 170 g/mol. The Labute approximate surface area is 77.8 Å². The minimum atomic E-state index is -0.493. The number of ether oxygens (including phenoxy) is 1. The van der Waals surface area contributed by atoms with Gasteiger partial charge in [-0.25, -0.2) is 9.69 Å². The highest BCUT2D eigenvalue weighted by atomic mass is 16.6. The Morgan fingerprint density at radius 1 is 1.69 bits per heavy atom. The predicted octanol–water partition coefficient (Wildman–Crippen LogP) is 1.40. The van der Waals surface area contributed by atoms with Crippen LogP contribution in [-0.4, -0.2) is 30.1 Å². The van der Waals surface area contributed by atoms with Gasteiger partial charge >= 0.3 is 6.09 Å². The van der Waals surface area contributed by atoms with Crippen molar-refractivity contribution >= 4 is 12.0 Å². The van der Waals surface area contributed by atoms with E-state index in [-0.39, 0.29) is 11.8 Å². The third-order valence-electron chi connectivity index (χ3n) is 2.17. The Kier molecular flexibility index (Phi) is 3.28. The summed E-state index contributed by atoms with van der Waals surface area (Å²) in [7, 11) is 0. The summed E-state index contributed by atoms with van der Waals surface area (Å²) >= 11 is 0. The average molecular weight is 185 g/mol. The number of rotatable bonds is 3. The van der Waals surface area contributed by atoms with Crippen molar-refractivity contribution in [1.82, 2.24) is 4.90 Å². The molecule has 0 saturated carbocycles. The minimum Gasteiger partial charge on any atom is -0.447 e. The van der Waals surface area contributed by atoms with Crippen molar-refractivity contribution in [3.8, 4) is 0 Å². The van der Waals surface area contributed by atoms with Crippen molar-refractivity contribution in [2.45, 2.75) is 26.7 Å². The van der Waals surface area contributed by atoms with E-state index in [0.717, 1.165) is 12.8 Å². The molecule has 1 saturated heterocycles. The van der Waals surface area contributed by atoms with E-state index < -0.39 is 6.09 Å². The number of carbonyl (C=O) groups is 2. The standard InChI is InChI=1S/C9H15NO3/c1-3-4-7(2)8(11)10-5-6-13-9(10)12/h7H,3-6H2,1-2H3/t7-/m0/s1. The second kappa shape index (κ2) is 4.25. The van der Waals surface area contributed by atoms with Crippen LogP contribution in [0.5, 0.6) is 0 Å². The molecule has 2 amide bonds. The lowest BCUT2D eigenvalue weighted by atomic mass is 10.1. The lowest BCUT2D eigenvalue weighted by Gasteiger charge is -2.15. The number of cyclic esters (lactones) is 1. The summed E-state index contributed by atoms with van der Waals surface area (Å²) in [6.07, 6.45) is 1.28. The van der Waals surface area contributed by atoms with E-state index in [4.69, 9.17) is 0 Å². The normalized spacial score (nSPS) is 18.6. The van der Waals surface area contributed by atoms with E-state index in [0.29, 0.717) is 13.2 Å². The molecule has 0 spiro atoms. The van der Waals surface area contributed by atoms with Crippen LogP contribution in [0.4, 0.5) is 4.79 Å². The van der Waals surface area contributed by atoms with Gasteiger partial charge in [0.2, 0.25) is 5.91 Å². The van der Waals surface area contributed by atoms with E-state index in [2.05, 4.69) is 4.74 Å². The van der Waals surface area contributed by atoms with Crippen LogP contribution >= 0.6 is 0 Å². The van der Waals surface area contributed by atoms with Gasteiger partial charge in [-0.15, -0.1) is 0 Å². The fourth-order valence-corrected chi connectivity index (χ4v) is 1.42. The smallest absolute Gasteiger partial charge is 0.416 e. The zero-order valence-electron chi connectivity index (χ0n) is 8.08. The van der Waals surface area contributed by atoms with Gasteiger partial charge in [-0.1, -0.05) is 20.3 Å². The number of nitrogens with zero attached hydrogens (tertiary/aromatic N) is 1. The van der Waals surface area contributed by atoms with Crippen molar-refractivity contribution in [1.29, 1.82) is 0 Å². The summed E-state index contributed by atoms with van der Waals surface area (Å²) in [5, 5.41) is 0. The number of hydrogen-bond acceptors (Lipinski definition) is 3. The van der Waals surface area contributed by atoms with Gasteiger partial charge in [0.1, 0.15) is 6.61 Å². The fraction of sp³-hybridized carbons (Fsp3) is 0.778. The first-order valence-electron chi connectivity index (χ1n) is 4.65. The molecule has 1 fully saturated rings. The van der Waals surface area contributed by atoms with Crippen molar-refractivity contribution < 1.29 is 14.3 Å². The van der Waals surface area contributed by atoms with Gasteiger partial charge in [0.15, 0.2) is 0 Å². The SMILES string of the molecule is CCC[C@H](C)C(=O)N1CCOC1=O. The molecule has 0 bridgehead atoms. The van der Waals surface area contributed by atoms with Crippen LogP contribution in [0.1, 0.15) is 26.7 Å². The molecule has 1 aliphatic heterocycles. The van der Waals surface area contributed by atoms with Crippen LogP contribution in [0.25, 0.3) is 0 Å². The Balaban J connectivity index is 2.51. The van der Waals surface area contributed by atoms with Gasteiger partial charge in [-0.05, 0) is 6.42 Å².